The van der Waals surface area contributed by atoms with Crippen molar-refractivity contribution in [3.05, 3.63) is 89.5 Å². The summed E-state index contributed by atoms with van der Waals surface area (Å²) in [4.78, 5) is 0.242. The molecule has 32 heavy (non-hydrogen) atoms. The fourth-order valence-corrected chi connectivity index (χ4v) is 5.01. The summed E-state index contributed by atoms with van der Waals surface area (Å²) in [6.07, 6.45) is 0. The van der Waals surface area contributed by atoms with E-state index in [1.807, 2.05) is 55.5 Å². The highest BCUT2D eigenvalue weighted by atomic mass is 32.2. The zero-order valence-electron chi connectivity index (χ0n) is 18.1. The van der Waals surface area contributed by atoms with Gasteiger partial charge < -0.3 is 14.2 Å². The van der Waals surface area contributed by atoms with Crippen LogP contribution in [-0.2, 0) is 34.5 Å². The van der Waals surface area contributed by atoms with E-state index < -0.39 is 10.0 Å². The molecule has 0 amide bonds. The zero-order valence-corrected chi connectivity index (χ0v) is 18.9. The minimum Gasteiger partial charge on any atom is -0.494 e. The fourth-order valence-electron chi connectivity index (χ4n) is 3.60. The molecule has 0 bridgehead atoms. The van der Waals surface area contributed by atoms with Gasteiger partial charge in [0.2, 0.25) is 10.0 Å². The van der Waals surface area contributed by atoms with E-state index in [4.69, 9.17) is 14.2 Å². The molecule has 1 aliphatic rings. The second kappa shape index (κ2) is 10.2. The maximum Gasteiger partial charge on any atom is 0.243 e. The van der Waals surface area contributed by atoms with Gasteiger partial charge >= 0.3 is 0 Å². The van der Waals surface area contributed by atoms with Gasteiger partial charge in [0.25, 0.3) is 0 Å². The average Bonchev–Trinajstić information content (AvgIpc) is 3.03. The monoisotopic (exact) mass is 453 g/mol. The van der Waals surface area contributed by atoms with Crippen molar-refractivity contribution in [2.24, 2.45) is 0 Å². The largest absolute Gasteiger partial charge is 0.494 e. The molecule has 0 atom stereocenters. The Hall–Kier alpha value is -2.87. The molecule has 6 nitrogen and oxygen atoms in total. The summed E-state index contributed by atoms with van der Waals surface area (Å²) < 4.78 is 45.0. The summed E-state index contributed by atoms with van der Waals surface area (Å²) in [5.41, 5.74) is 2.92. The van der Waals surface area contributed by atoms with E-state index in [0.29, 0.717) is 37.9 Å². The second-order valence-electron chi connectivity index (χ2n) is 7.51. The van der Waals surface area contributed by atoms with Gasteiger partial charge in [0.1, 0.15) is 18.1 Å². The van der Waals surface area contributed by atoms with Gasteiger partial charge in [-0.3, -0.25) is 0 Å². The first-order valence-electron chi connectivity index (χ1n) is 10.7. The predicted molar refractivity (Wildman–Crippen MR) is 122 cm³/mol. The van der Waals surface area contributed by atoms with Crippen molar-refractivity contribution in [2.45, 2.75) is 31.6 Å². The molecule has 7 heteroatoms. The second-order valence-corrected chi connectivity index (χ2v) is 9.45. The van der Waals surface area contributed by atoms with Crippen molar-refractivity contribution in [3.63, 3.8) is 0 Å². The predicted octanol–water partition coefficient (Wildman–Crippen LogP) is 4.39. The van der Waals surface area contributed by atoms with Crippen LogP contribution in [0.2, 0.25) is 0 Å². The van der Waals surface area contributed by atoms with Crippen molar-refractivity contribution >= 4 is 10.0 Å². The van der Waals surface area contributed by atoms with Crippen LogP contribution in [0.3, 0.4) is 0 Å². The third kappa shape index (κ3) is 5.30. The van der Waals surface area contributed by atoms with Crippen molar-refractivity contribution in [2.75, 3.05) is 19.8 Å². The lowest BCUT2D eigenvalue weighted by Gasteiger charge is -2.20. The van der Waals surface area contributed by atoms with Crippen LogP contribution in [-0.4, -0.2) is 32.5 Å². The molecule has 3 aromatic carbocycles. The number of benzene rings is 3. The molecule has 3 aromatic rings. The lowest BCUT2D eigenvalue weighted by atomic mass is 10.1. The van der Waals surface area contributed by atoms with Crippen LogP contribution in [0, 0.1) is 0 Å². The Morgan fingerprint density at radius 2 is 1.69 bits per heavy atom. The summed E-state index contributed by atoms with van der Waals surface area (Å²) in [6, 6.07) is 22.3. The number of hydrogen-bond acceptors (Lipinski definition) is 5. The first-order valence-corrected chi connectivity index (χ1v) is 12.1. The highest BCUT2D eigenvalue weighted by molar-refractivity contribution is 7.89. The fraction of sp³-hybridized carbons (Fsp3) is 0.280. The van der Waals surface area contributed by atoms with Gasteiger partial charge in [-0.25, -0.2) is 8.42 Å². The summed E-state index contributed by atoms with van der Waals surface area (Å²) in [7, 11) is -3.66. The molecular weight excluding hydrogens is 426 g/mol. The number of sulfonamides is 1. The Morgan fingerprint density at radius 3 is 2.44 bits per heavy atom. The van der Waals surface area contributed by atoms with Gasteiger partial charge in [-0.1, -0.05) is 36.4 Å². The molecule has 0 unspecified atom stereocenters. The maximum absolute atomic E-state index is 13.2. The molecule has 1 heterocycles. The molecule has 0 saturated carbocycles. The molecule has 0 aromatic heterocycles. The highest BCUT2D eigenvalue weighted by Crippen LogP contribution is 2.28. The molecule has 0 fully saturated rings. The van der Waals surface area contributed by atoms with Crippen LogP contribution in [0.5, 0.6) is 11.5 Å². The Labute approximate surface area is 189 Å². The Morgan fingerprint density at radius 1 is 0.938 bits per heavy atom. The summed E-state index contributed by atoms with van der Waals surface area (Å²) in [5, 5.41) is 0. The Bertz CT molecular complexity index is 1130. The minimum absolute atomic E-state index is 0.242. The molecule has 168 valence electrons. The first kappa shape index (κ1) is 22.3. The first-order chi connectivity index (χ1) is 15.6. The SMILES string of the molecule is CCOc1ccc(S(=O)(=O)N2CCOc3ccc(COCc4ccccc4)cc3C2)cc1. The van der Waals surface area contributed by atoms with Gasteiger partial charge in [0, 0.05) is 18.7 Å². The van der Waals surface area contributed by atoms with Crippen molar-refractivity contribution in [3.8, 4) is 11.5 Å². The van der Waals surface area contributed by atoms with Crippen LogP contribution in [0.25, 0.3) is 0 Å². The molecule has 1 aliphatic heterocycles. The number of fused-ring (bicyclic) bond motifs is 1. The van der Waals surface area contributed by atoms with Crippen molar-refractivity contribution in [1.29, 1.82) is 0 Å². The normalized spacial score (nSPS) is 14.3. The lowest BCUT2D eigenvalue weighted by Crippen LogP contribution is -2.32. The van der Waals surface area contributed by atoms with E-state index in [1.165, 1.54) is 4.31 Å². The zero-order chi connectivity index (χ0) is 22.4. The number of nitrogens with zero attached hydrogens (tertiary/aromatic N) is 1. The summed E-state index contributed by atoms with van der Waals surface area (Å²) in [5.74, 6) is 1.36. The van der Waals surface area contributed by atoms with Gasteiger partial charge in [0.15, 0.2) is 0 Å². The molecule has 0 N–H and O–H groups in total. The van der Waals surface area contributed by atoms with Gasteiger partial charge in [-0.05, 0) is 54.4 Å². The smallest absolute Gasteiger partial charge is 0.243 e. The van der Waals surface area contributed by atoms with Crippen molar-refractivity contribution < 1.29 is 22.6 Å². The standard InChI is InChI=1S/C25H27NO5S/c1-2-30-23-9-11-24(12-10-23)32(27,28)26-14-15-31-25-13-8-21(16-22(25)17-26)19-29-18-20-6-4-3-5-7-20/h3-13,16H,2,14-15,17-19H2,1H3. The maximum atomic E-state index is 13.2. The quantitative estimate of drug-likeness (QED) is 0.506. The van der Waals surface area contributed by atoms with E-state index in [2.05, 4.69) is 0 Å². The number of rotatable bonds is 8. The van der Waals surface area contributed by atoms with Crippen LogP contribution in [0.4, 0.5) is 0 Å². The average molecular weight is 454 g/mol. The van der Waals surface area contributed by atoms with Gasteiger partial charge in [0.05, 0.1) is 24.7 Å². The van der Waals surface area contributed by atoms with Crippen LogP contribution >= 0.6 is 0 Å². The summed E-state index contributed by atoms with van der Waals surface area (Å²) in [6.45, 7) is 4.21. The highest BCUT2D eigenvalue weighted by Gasteiger charge is 2.28. The van der Waals surface area contributed by atoms with Crippen LogP contribution in [0.1, 0.15) is 23.6 Å². The lowest BCUT2D eigenvalue weighted by molar-refractivity contribution is 0.107. The van der Waals surface area contributed by atoms with Gasteiger partial charge in [-0.2, -0.15) is 4.31 Å². The van der Waals surface area contributed by atoms with E-state index in [1.54, 1.807) is 24.3 Å². The van der Waals surface area contributed by atoms with E-state index in [-0.39, 0.29) is 18.0 Å². The van der Waals surface area contributed by atoms with Gasteiger partial charge in [-0.15, -0.1) is 0 Å². The number of ether oxygens (including phenoxy) is 3. The molecule has 0 aliphatic carbocycles. The summed E-state index contributed by atoms with van der Waals surface area (Å²) >= 11 is 0. The van der Waals surface area contributed by atoms with E-state index in [9.17, 15) is 8.42 Å². The Balaban J connectivity index is 1.47. The van der Waals surface area contributed by atoms with E-state index in [0.717, 1.165) is 16.7 Å². The third-order valence-corrected chi connectivity index (χ3v) is 7.08. The van der Waals surface area contributed by atoms with Crippen molar-refractivity contribution in [1.82, 2.24) is 4.31 Å². The van der Waals surface area contributed by atoms with E-state index >= 15 is 0 Å². The van der Waals surface area contributed by atoms with Crippen LogP contribution in [0.15, 0.2) is 77.7 Å². The molecule has 0 spiro atoms. The molecular formula is C25H27NO5S. The Kier molecular flexibility index (Phi) is 7.09. The topological polar surface area (TPSA) is 65.1 Å². The number of hydrogen-bond donors (Lipinski definition) is 0. The molecule has 0 radical (unpaired) electrons. The van der Waals surface area contributed by atoms with Crippen LogP contribution < -0.4 is 9.47 Å². The molecule has 0 saturated heterocycles. The molecule has 4 rings (SSSR count). The minimum atomic E-state index is -3.66. The third-order valence-electron chi connectivity index (χ3n) is 5.22.